The van der Waals surface area contributed by atoms with E-state index in [9.17, 15) is 4.79 Å². The summed E-state index contributed by atoms with van der Waals surface area (Å²) >= 11 is 3.45. The van der Waals surface area contributed by atoms with Gasteiger partial charge in [0.2, 0.25) is 0 Å². The predicted molar refractivity (Wildman–Crippen MR) is 116 cm³/mol. The number of halogens is 1. The van der Waals surface area contributed by atoms with Crippen molar-refractivity contribution in [3.63, 3.8) is 0 Å². The van der Waals surface area contributed by atoms with Crippen LogP contribution >= 0.6 is 15.9 Å². The summed E-state index contributed by atoms with van der Waals surface area (Å²) in [7, 11) is 1.64. The van der Waals surface area contributed by atoms with E-state index in [0.717, 1.165) is 40.0 Å². The Bertz CT molecular complexity index is 998. The van der Waals surface area contributed by atoms with Gasteiger partial charge in [-0.3, -0.25) is 4.79 Å². The van der Waals surface area contributed by atoms with Gasteiger partial charge in [0.05, 0.1) is 18.0 Å². The maximum Gasteiger partial charge on any atom is 0.274 e. The summed E-state index contributed by atoms with van der Waals surface area (Å²) in [5.41, 5.74) is 3.17. The van der Waals surface area contributed by atoms with Crippen molar-refractivity contribution in [3.8, 4) is 11.4 Å². The van der Waals surface area contributed by atoms with Crippen molar-refractivity contribution >= 4 is 21.8 Å². The van der Waals surface area contributed by atoms with Crippen LogP contribution in [0.5, 0.6) is 5.75 Å². The van der Waals surface area contributed by atoms with Crippen LogP contribution in [0.2, 0.25) is 0 Å². The van der Waals surface area contributed by atoms with Crippen molar-refractivity contribution in [2.45, 2.75) is 25.3 Å². The molecule has 1 fully saturated rings. The van der Waals surface area contributed by atoms with E-state index in [1.807, 2.05) is 48.5 Å². The number of nitrogens with zero attached hydrogens (tertiary/aromatic N) is 3. The number of hydrogen-bond donors (Lipinski definition) is 1. The van der Waals surface area contributed by atoms with Crippen molar-refractivity contribution < 1.29 is 14.3 Å². The average Bonchev–Trinajstić information content (AvgIpc) is 3.51. The zero-order chi connectivity index (χ0) is 20.9. The first-order valence-corrected chi connectivity index (χ1v) is 10.7. The molecule has 1 amide bonds. The number of rotatable bonds is 9. The highest BCUT2D eigenvalue weighted by atomic mass is 79.9. The van der Waals surface area contributed by atoms with Gasteiger partial charge < -0.3 is 14.8 Å². The van der Waals surface area contributed by atoms with Crippen LogP contribution in [0.1, 0.15) is 40.5 Å². The van der Waals surface area contributed by atoms with Crippen molar-refractivity contribution in [3.05, 3.63) is 70.0 Å². The summed E-state index contributed by atoms with van der Waals surface area (Å²) in [6.45, 7) is 1.46. The van der Waals surface area contributed by atoms with E-state index in [-0.39, 0.29) is 5.91 Å². The molecule has 0 aliphatic heterocycles. The molecule has 8 heteroatoms. The monoisotopic (exact) mass is 470 g/mol. The molecular formula is C22H23BrN4O3. The first-order valence-electron chi connectivity index (χ1n) is 9.86. The molecule has 156 valence electrons. The van der Waals surface area contributed by atoms with Crippen molar-refractivity contribution in [1.29, 1.82) is 0 Å². The summed E-state index contributed by atoms with van der Waals surface area (Å²) in [5.74, 6) is 0.893. The molecule has 1 aliphatic rings. The highest BCUT2D eigenvalue weighted by molar-refractivity contribution is 9.10. The maximum atomic E-state index is 12.8. The number of nitrogens with one attached hydrogen (secondary N) is 1. The average molecular weight is 471 g/mol. The Morgan fingerprint density at radius 1 is 1.13 bits per heavy atom. The number of hydrogen-bond acceptors (Lipinski definition) is 5. The highest BCUT2D eigenvalue weighted by Crippen LogP contribution is 2.42. The first kappa shape index (κ1) is 20.6. The summed E-state index contributed by atoms with van der Waals surface area (Å²) in [6, 6.07) is 15.5. The Hall–Kier alpha value is -2.71. The Morgan fingerprint density at radius 2 is 1.87 bits per heavy atom. The third-order valence-corrected chi connectivity index (χ3v) is 5.42. The molecule has 0 radical (unpaired) electrons. The predicted octanol–water partition coefficient (Wildman–Crippen LogP) is 3.86. The normalized spacial score (nSPS) is 13.3. The summed E-state index contributed by atoms with van der Waals surface area (Å²) in [4.78, 5) is 12.8. The van der Waals surface area contributed by atoms with Gasteiger partial charge in [-0.05, 0) is 54.8 Å². The molecule has 7 nitrogen and oxygen atoms in total. The third kappa shape index (κ3) is 4.88. The van der Waals surface area contributed by atoms with E-state index < -0.39 is 0 Å². The fraction of sp³-hybridized carbons (Fsp3) is 0.318. The fourth-order valence-corrected chi connectivity index (χ4v) is 3.42. The maximum absolute atomic E-state index is 12.8. The van der Waals surface area contributed by atoms with Crippen LogP contribution in [-0.2, 0) is 11.3 Å². The number of amides is 1. The van der Waals surface area contributed by atoms with Crippen LogP contribution in [0.15, 0.2) is 53.0 Å². The molecule has 0 bridgehead atoms. The van der Waals surface area contributed by atoms with Crippen LogP contribution in [0.3, 0.4) is 0 Å². The number of methoxy groups -OCH3 is 1. The van der Waals surface area contributed by atoms with Crippen LogP contribution in [0.25, 0.3) is 5.69 Å². The van der Waals surface area contributed by atoms with Gasteiger partial charge in [0.15, 0.2) is 5.69 Å². The Balaban J connectivity index is 1.43. The van der Waals surface area contributed by atoms with Gasteiger partial charge in [-0.1, -0.05) is 33.3 Å². The quantitative estimate of drug-likeness (QED) is 0.480. The molecule has 1 heterocycles. The minimum absolute atomic E-state index is 0.208. The molecule has 30 heavy (non-hydrogen) atoms. The minimum Gasteiger partial charge on any atom is -0.491 e. The van der Waals surface area contributed by atoms with Gasteiger partial charge in [-0.25, -0.2) is 4.68 Å². The Morgan fingerprint density at radius 3 is 2.53 bits per heavy atom. The zero-order valence-electron chi connectivity index (χ0n) is 16.7. The van der Waals surface area contributed by atoms with E-state index in [2.05, 4.69) is 31.6 Å². The van der Waals surface area contributed by atoms with Gasteiger partial charge in [0.25, 0.3) is 5.91 Å². The molecule has 0 atom stereocenters. The van der Waals surface area contributed by atoms with Crippen molar-refractivity contribution in [2.75, 3.05) is 20.3 Å². The number of carbonyl (C=O) groups is 1. The van der Waals surface area contributed by atoms with E-state index in [1.165, 1.54) is 0 Å². The van der Waals surface area contributed by atoms with Crippen LogP contribution in [-0.4, -0.2) is 41.2 Å². The lowest BCUT2D eigenvalue weighted by Crippen LogP contribution is -2.24. The van der Waals surface area contributed by atoms with Gasteiger partial charge in [-0.15, -0.1) is 5.10 Å². The number of benzene rings is 2. The lowest BCUT2D eigenvalue weighted by Gasteiger charge is -2.09. The lowest BCUT2D eigenvalue weighted by molar-refractivity contribution is 0.0944. The molecule has 1 aromatic heterocycles. The third-order valence-electron chi connectivity index (χ3n) is 4.89. The van der Waals surface area contributed by atoms with Gasteiger partial charge in [0, 0.05) is 24.0 Å². The second-order valence-electron chi connectivity index (χ2n) is 7.15. The Kier molecular flexibility index (Phi) is 6.44. The zero-order valence-corrected chi connectivity index (χ0v) is 18.3. The number of carbonyl (C=O) groups excluding carboxylic acids is 1. The van der Waals surface area contributed by atoms with Crippen LogP contribution in [0, 0.1) is 0 Å². The van der Waals surface area contributed by atoms with E-state index in [4.69, 9.17) is 9.47 Å². The lowest BCUT2D eigenvalue weighted by atomic mass is 10.2. The molecule has 4 rings (SSSR count). The van der Waals surface area contributed by atoms with E-state index in [0.29, 0.717) is 31.4 Å². The molecule has 0 spiro atoms. The van der Waals surface area contributed by atoms with Crippen molar-refractivity contribution in [2.24, 2.45) is 0 Å². The summed E-state index contributed by atoms with van der Waals surface area (Å²) in [5, 5.41) is 11.4. The largest absolute Gasteiger partial charge is 0.491 e. The van der Waals surface area contributed by atoms with E-state index >= 15 is 0 Å². The summed E-state index contributed by atoms with van der Waals surface area (Å²) in [6.07, 6.45) is 2.10. The second kappa shape index (κ2) is 9.40. The molecule has 1 aliphatic carbocycles. The molecule has 1 N–H and O–H groups in total. The van der Waals surface area contributed by atoms with Crippen LogP contribution in [0.4, 0.5) is 0 Å². The smallest absolute Gasteiger partial charge is 0.274 e. The number of ether oxygens (including phenoxy) is 2. The van der Waals surface area contributed by atoms with Crippen molar-refractivity contribution in [1.82, 2.24) is 20.3 Å². The van der Waals surface area contributed by atoms with Gasteiger partial charge >= 0.3 is 0 Å². The molecular weight excluding hydrogens is 448 g/mol. The van der Waals surface area contributed by atoms with Gasteiger partial charge in [0.1, 0.15) is 12.4 Å². The Labute approximate surface area is 183 Å². The standard InChI is InChI=1S/C22H23BrN4O3/c1-29-12-13-30-19-10-2-15(3-11-19)14-24-22(28)20-21(16-4-5-16)27(26-25-20)18-8-6-17(23)7-9-18/h2-3,6-11,16H,4-5,12-14H2,1H3,(H,24,28). The minimum atomic E-state index is -0.208. The summed E-state index contributed by atoms with van der Waals surface area (Å²) < 4.78 is 13.3. The molecule has 3 aromatic rings. The van der Waals surface area contributed by atoms with Crippen LogP contribution < -0.4 is 10.1 Å². The molecule has 1 saturated carbocycles. The molecule has 0 unspecified atom stereocenters. The number of aromatic nitrogens is 3. The molecule has 0 saturated heterocycles. The second-order valence-corrected chi connectivity index (χ2v) is 8.07. The highest BCUT2D eigenvalue weighted by Gasteiger charge is 2.34. The first-order chi connectivity index (χ1) is 14.7. The van der Waals surface area contributed by atoms with Gasteiger partial charge in [-0.2, -0.15) is 0 Å². The molecule has 2 aromatic carbocycles. The topological polar surface area (TPSA) is 78.3 Å². The SMILES string of the molecule is COCCOc1ccc(CNC(=O)c2nnn(-c3ccc(Br)cc3)c2C2CC2)cc1. The van der Waals surface area contributed by atoms with E-state index in [1.54, 1.807) is 11.8 Å². The fourth-order valence-electron chi connectivity index (χ4n) is 3.16.